The second-order valence-corrected chi connectivity index (χ2v) is 3.33. The summed E-state index contributed by atoms with van der Waals surface area (Å²) in [5.41, 5.74) is 0. The Kier molecular flexibility index (Phi) is 8.01. The minimum atomic E-state index is -1.56. The van der Waals surface area contributed by atoms with E-state index in [-0.39, 0.29) is 0 Å². The summed E-state index contributed by atoms with van der Waals surface area (Å²) < 4.78 is 22.9. The van der Waals surface area contributed by atoms with Crippen molar-refractivity contribution in [3.8, 4) is 0 Å². The second kappa shape index (κ2) is 8.05. The van der Waals surface area contributed by atoms with Crippen LogP contribution in [0.25, 0.3) is 0 Å². The maximum absolute atomic E-state index is 11.5. The first-order chi connectivity index (χ1) is 5.27. The number of allylic oxidation sites excluding steroid dienone is 1. The first-order valence-corrected chi connectivity index (χ1v) is 4.81. The number of unbranched alkanes of at least 4 members (excludes halogenated alkanes) is 2. The minimum Gasteiger partial charge on any atom is -0.174 e. The molecule has 0 atom stereocenters. The molecule has 0 N–H and O–H groups in total. The lowest BCUT2D eigenvalue weighted by molar-refractivity contribution is 0.417. The Morgan fingerprint density at radius 1 is 1.36 bits per heavy atom. The smallest absolute Gasteiger partial charge is 0.174 e. The van der Waals surface area contributed by atoms with Gasteiger partial charge in [0, 0.05) is 0 Å². The average molecular weight is 179 g/mol. The number of hydrogen-bond acceptors (Lipinski definition) is 1. The summed E-state index contributed by atoms with van der Waals surface area (Å²) in [6.45, 7) is 3.66. The van der Waals surface area contributed by atoms with Gasteiger partial charge in [0.25, 0.3) is 6.08 Å². The van der Waals surface area contributed by atoms with E-state index in [1.54, 1.807) is 11.8 Å². The van der Waals surface area contributed by atoms with Gasteiger partial charge in [-0.15, -0.1) is 0 Å². The number of thioether (sulfide) groups is 1. The number of halogens is 2. The van der Waals surface area contributed by atoms with Crippen LogP contribution in [-0.4, -0.2) is 11.5 Å². The Hall–Kier alpha value is -0.0500. The van der Waals surface area contributed by atoms with E-state index in [9.17, 15) is 8.78 Å². The van der Waals surface area contributed by atoms with E-state index in [2.05, 4.69) is 6.92 Å². The van der Waals surface area contributed by atoms with Crippen molar-refractivity contribution in [1.82, 2.24) is 0 Å². The number of rotatable bonds is 6. The highest BCUT2D eigenvalue weighted by Gasteiger charge is 1.89. The van der Waals surface area contributed by atoms with Crippen LogP contribution in [0.15, 0.2) is 12.2 Å². The van der Waals surface area contributed by atoms with Crippen molar-refractivity contribution in [3.05, 3.63) is 19.1 Å². The summed E-state index contributed by atoms with van der Waals surface area (Å²) in [6.07, 6.45) is 1.78. The van der Waals surface area contributed by atoms with E-state index >= 15 is 0 Å². The van der Waals surface area contributed by atoms with Gasteiger partial charge < -0.3 is 0 Å². The monoisotopic (exact) mass is 179 g/mol. The third kappa shape index (κ3) is 9.95. The molecule has 3 heteroatoms. The molecule has 1 radical (unpaired) electrons. The van der Waals surface area contributed by atoms with Crippen LogP contribution in [-0.2, 0) is 0 Å². The fraction of sp³-hybridized carbons (Fsp3) is 0.625. The van der Waals surface area contributed by atoms with Crippen LogP contribution in [0.4, 0.5) is 8.78 Å². The van der Waals surface area contributed by atoms with Gasteiger partial charge in [0.1, 0.15) is 0 Å². The van der Waals surface area contributed by atoms with Gasteiger partial charge in [-0.1, -0.05) is 0 Å². The molecular formula is C8H13F2S. The molecule has 0 aromatic rings. The van der Waals surface area contributed by atoms with Crippen molar-refractivity contribution < 1.29 is 8.78 Å². The van der Waals surface area contributed by atoms with E-state index in [1.165, 1.54) is 0 Å². The fourth-order valence-corrected chi connectivity index (χ4v) is 1.27. The van der Waals surface area contributed by atoms with Gasteiger partial charge in [-0.2, -0.15) is 20.5 Å². The molecule has 0 spiro atoms. The normalized spacial score (nSPS) is 9.73. The zero-order valence-electron chi connectivity index (χ0n) is 6.48. The predicted molar refractivity (Wildman–Crippen MR) is 46.8 cm³/mol. The lowest BCUT2D eigenvalue weighted by Crippen LogP contribution is -1.80. The molecule has 0 bridgehead atoms. The third-order valence-corrected chi connectivity index (χ3v) is 2.05. The maximum Gasteiger partial charge on any atom is 0.266 e. The van der Waals surface area contributed by atoms with Crippen LogP contribution in [0.2, 0.25) is 0 Å². The molecule has 11 heavy (non-hydrogen) atoms. The minimum absolute atomic E-state index is 0.500. The van der Waals surface area contributed by atoms with E-state index in [0.717, 1.165) is 30.4 Å². The highest BCUT2D eigenvalue weighted by atomic mass is 32.2. The SMILES string of the molecule is [CH2]CSCCCCC=C(F)F. The lowest BCUT2D eigenvalue weighted by atomic mass is 10.2. The molecule has 0 aliphatic rings. The molecule has 0 nitrogen and oxygen atoms in total. The van der Waals surface area contributed by atoms with Gasteiger partial charge in [0.05, 0.1) is 0 Å². The summed E-state index contributed by atoms with van der Waals surface area (Å²) in [5, 5.41) is 0. The van der Waals surface area contributed by atoms with Crippen molar-refractivity contribution in [2.75, 3.05) is 11.5 Å². The zero-order chi connectivity index (χ0) is 8.53. The van der Waals surface area contributed by atoms with E-state index < -0.39 is 6.08 Å². The molecule has 0 aromatic carbocycles. The Balaban J connectivity index is 2.97. The lowest BCUT2D eigenvalue weighted by Gasteiger charge is -1.95. The summed E-state index contributed by atoms with van der Waals surface area (Å²) in [6, 6.07) is 0. The summed E-state index contributed by atoms with van der Waals surface area (Å²) in [5.74, 6) is 1.90. The first-order valence-electron chi connectivity index (χ1n) is 3.65. The molecule has 0 aliphatic heterocycles. The molecule has 0 aromatic heterocycles. The molecule has 0 unspecified atom stereocenters. The van der Waals surface area contributed by atoms with Crippen molar-refractivity contribution in [1.29, 1.82) is 0 Å². The zero-order valence-corrected chi connectivity index (χ0v) is 7.30. The van der Waals surface area contributed by atoms with Gasteiger partial charge in [-0.25, -0.2) is 0 Å². The second-order valence-electron chi connectivity index (χ2n) is 2.10. The highest BCUT2D eigenvalue weighted by molar-refractivity contribution is 7.99. The predicted octanol–water partition coefficient (Wildman–Crippen LogP) is 3.50. The van der Waals surface area contributed by atoms with Crippen molar-refractivity contribution in [2.45, 2.75) is 19.3 Å². The summed E-state index contributed by atoms with van der Waals surface area (Å²) >= 11 is 1.75. The van der Waals surface area contributed by atoms with E-state index in [1.807, 2.05) is 0 Å². The van der Waals surface area contributed by atoms with Crippen LogP contribution in [0, 0.1) is 6.92 Å². The van der Waals surface area contributed by atoms with Crippen LogP contribution in [0.5, 0.6) is 0 Å². The van der Waals surface area contributed by atoms with Crippen molar-refractivity contribution >= 4 is 11.8 Å². The Labute approximate surface area is 71.1 Å². The Morgan fingerprint density at radius 2 is 2.09 bits per heavy atom. The van der Waals surface area contributed by atoms with Gasteiger partial charge in [0.15, 0.2) is 0 Å². The van der Waals surface area contributed by atoms with Gasteiger partial charge >= 0.3 is 0 Å². The van der Waals surface area contributed by atoms with Gasteiger partial charge in [-0.3, -0.25) is 0 Å². The molecule has 0 saturated carbocycles. The molecule has 65 valence electrons. The van der Waals surface area contributed by atoms with Crippen molar-refractivity contribution in [2.24, 2.45) is 0 Å². The Bertz CT molecular complexity index is 109. The molecule has 0 amide bonds. The average Bonchev–Trinajstić information content (AvgIpc) is 1.96. The molecule has 0 heterocycles. The Morgan fingerprint density at radius 3 is 2.64 bits per heavy atom. The van der Waals surface area contributed by atoms with Crippen LogP contribution in [0.3, 0.4) is 0 Å². The maximum atomic E-state index is 11.5. The van der Waals surface area contributed by atoms with Crippen LogP contribution >= 0.6 is 11.8 Å². The summed E-state index contributed by atoms with van der Waals surface area (Å²) in [4.78, 5) is 0. The first kappa shape index (κ1) is 11.0. The highest BCUT2D eigenvalue weighted by Crippen LogP contribution is 2.07. The van der Waals surface area contributed by atoms with Crippen LogP contribution < -0.4 is 0 Å². The van der Waals surface area contributed by atoms with Gasteiger partial charge in [0.2, 0.25) is 0 Å². The topological polar surface area (TPSA) is 0 Å². The fourth-order valence-electron chi connectivity index (χ4n) is 0.662. The van der Waals surface area contributed by atoms with E-state index in [0.29, 0.717) is 6.42 Å². The molecule has 0 rings (SSSR count). The molecule has 0 aliphatic carbocycles. The van der Waals surface area contributed by atoms with Crippen LogP contribution in [0.1, 0.15) is 19.3 Å². The third-order valence-electron chi connectivity index (χ3n) is 1.19. The molecule has 0 saturated heterocycles. The molecule has 0 fully saturated rings. The van der Waals surface area contributed by atoms with Gasteiger partial charge in [-0.05, 0) is 43.8 Å². The summed E-state index contributed by atoms with van der Waals surface area (Å²) in [7, 11) is 0. The number of hydrogen-bond donors (Lipinski definition) is 0. The standard InChI is InChI=1S/C8H13F2S/c1-2-11-7-5-3-4-6-8(9)10/h6H,1-5,7H2. The molecular weight excluding hydrogens is 166 g/mol. The van der Waals surface area contributed by atoms with E-state index in [4.69, 9.17) is 0 Å². The van der Waals surface area contributed by atoms with Crippen molar-refractivity contribution in [3.63, 3.8) is 0 Å². The largest absolute Gasteiger partial charge is 0.266 e. The quantitative estimate of drug-likeness (QED) is 0.562.